The van der Waals surface area contributed by atoms with Crippen molar-refractivity contribution >= 4 is 11.7 Å². The van der Waals surface area contributed by atoms with Crippen molar-refractivity contribution < 1.29 is 9.53 Å². The van der Waals surface area contributed by atoms with E-state index < -0.39 is 0 Å². The van der Waals surface area contributed by atoms with E-state index in [1.807, 2.05) is 54.4 Å². The standard InChI is InChI=1S/C38H57NO2/c1-26(2)14-10-11-15-28-18-22-38(7)31-19-23-35(4)27(3)33(21-25-37(35,6)30(31)20-24-36(28,38)5)41-34(40)29-16-12-13-17-32(29)39(8)9/h12-14,16-17,27-28,33H,10-11,15,18-25H2,1-9H3/t27?,28?,33?,35-,36?,37?,38-/m0/s1. The Morgan fingerprint density at radius 2 is 1.54 bits per heavy atom. The lowest BCUT2D eigenvalue weighted by Gasteiger charge is -2.64. The van der Waals surface area contributed by atoms with Crippen LogP contribution in [0.3, 0.4) is 0 Å². The number of carbonyl (C=O) groups excluding carboxylic acids is 1. The van der Waals surface area contributed by atoms with Gasteiger partial charge in [-0.05, 0) is 130 Å². The lowest BCUT2D eigenvalue weighted by molar-refractivity contribution is -0.106. The number of esters is 1. The average molecular weight is 560 g/mol. The first-order valence-electron chi connectivity index (χ1n) is 16.6. The largest absolute Gasteiger partial charge is 0.458 e. The van der Waals surface area contributed by atoms with E-state index in [2.05, 4.69) is 54.5 Å². The monoisotopic (exact) mass is 559 g/mol. The third kappa shape index (κ3) is 4.72. The molecule has 2 fully saturated rings. The maximum Gasteiger partial charge on any atom is 0.340 e. The van der Waals surface area contributed by atoms with Crippen LogP contribution >= 0.6 is 0 Å². The summed E-state index contributed by atoms with van der Waals surface area (Å²) in [4.78, 5) is 15.5. The van der Waals surface area contributed by atoms with Crippen LogP contribution in [-0.2, 0) is 4.74 Å². The third-order valence-corrected chi connectivity index (χ3v) is 13.6. The van der Waals surface area contributed by atoms with Crippen LogP contribution in [0.2, 0.25) is 0 Å². The predicted octanol–water partition coefficient (Wildman–Crippen LogP) is 10.2. The Morgan fingerprint density at radius 3 is 2.20 bits per heavy atom. The van der Waals surface area contributed by atoms with E-state index >= 15 is 0 Å². The summed E-state index contributed by atoms with van der Waals surface area (Å²) in [6, 6.07) is 7.84. The zero-order chi connectivity index (χ0) is 29.8. The quantitative estimate of drug-likeness (QED) is 0.189. The molecule has 226 valence electrons. The molecule has 4 aliphatic carbocycles. The number of unbranched alkanes of at least 4 members (excludes halogenated alkanes) is 1. The second-order valence-corrected chi connectivity index (χ2v) is 15.6. The van der Waals surface area contributed by atoms with Gasteiger partial charge in [-0.2, -0.15) is 0 Å². The van der Waals surface area contributed by atoms with Crippen LogP contribution in [0.25, 0.3) is 0 Å². The Balaban J connectivity index is 1.37. The Hall–Kier alpha value is -2.03. The number of ether oxygens (including phenoxy) is 1. The molecule has 0 heterocycles. The van der Waals surface area contributed by atoms with Crippen LogP contribution in [0.4, 0.5) is 5.69 Å². The summed E-state index contributed by atoms with van der Waals surface area (Å²) >= 11 is 0. The molecule has 41 heavy (non-hydrogen) atoms. The average Bonchev–Trinajstić information content (AvgIpc) is 3.20. The second-order valence-electron chi connectivity index (χ2n) is 15.6. The van der Waals surface area contributed by atoms with Crippen LogP contribution in [-0.4, -0.2) is 26.2 Å². The van der Waals surface area contributed by atoms with E-state index in [0.717, 1.165) is 24.4 Å². The number of hydrogen-bond donors (Lipinski definition) is 0. The van der Waals surface area contributed by atoms with Gasteiger partial charge in [-0.15, -0.1) is 0 Å². The molecule has 4 aliphatic rings. The summed E-state index contributed by atoms with van der Waals surface area (Å²) in [5.41, 5.74) is 7.82. The van der Waals surface area contributed by atoms with Crippen molar-refractivity contribution in [3.05, 3.63) is 52.6 Å². The molecule has 5 rings (SSSR count). The van der Waals surface area contributed by atoms with Crippen LogP contribution in [0.1, 0.15) is 129 Å². The SMILES string of the molecule is CC(C)=CCCCC1CC[C@@]2(C)C3=C(CCC12C)C1(C)CCC(OC(=O)c2ccccc2N(C)C)C(C)[C@]1(C)CC3. The molecule has 1 aromatic carbocycles. The van der Waals surface area contributed by atoms with Crippen LogP contribution in [0, 0.1) is 33.5 Å². The van der Waals surface area contributed by atoms with Gasteiger partial charge in [0.05, 0.1) is 11.3 Å². The molecule has 5 unspecified atom stereocenters. The topological polar surface area (TPSA) is 29.5 Å². The van der Waals surface area contributed by atoms with E-state index in [4.69, 9.17) is 4.74 Å². The fourth-order valence-corrected chi connectivity index (χ4v) is 10.3. The number of allylic oxidation sites excluding steroid dienone is 4. The van der Waals surface area contributed by atoms with Gasteiger partial charge in [0.25, 0.3) is 0 Å². The van der Waals surface area contributed by atoms with Crippen molar-refractivity contribution in [1.82, 2.24) is 0 Å². The molecule has 0 aliphatic heterocycles. The van der Waals surface area contributed by atoms with Crippen molar-refractivity contribution in [3.8, 4) is 0 Å². The maximum atomic E-state index is 13.5. The van der Waals surface area contributed by atoms with Gasteiger partial charge >= 0.3 is 5.97 Å². The fraction of sp³-hybridized carbons (Fsp3) is 0.711. The Kier molecular flexibility index (Phi) is 8.10. The predicted molar refractivity (Wildman–Crippen MR) is 172 cm³/mol. The van der Waals surface area contributed by atoms with Gasteiger partial charge in [-0.3, -0.25) is 0 Å². The lowest BCUT2D eigenvalue weighted by atomic mass is 9.41. The molecule has 0 radical (unpaired) electrons. The Labute approximate surface area is 251 Å². The summed E-state index contributed by atoms with van der Waals surface area (Å²) in [7, 11) is 3.98. The van der Waals surface area contributed by atoms with Gasteiger partial charge in [0.1, 0.15) is 6.10 Å². The van der Waals surface area contributed by atoms with Crippen LogP contribution in [0.15, 0.2) is 47.1 Å². The number of benzene rings is 1. The number of para-hydroxylation sites is 1. The Morgan fingerprint density at radius 1 is 0.927 bits per heavy atom. The molecule has 3 heteroatoms. The lowest BCUT2D eigenvalue weighted by Crippen LogP contribution is -2.57. The van der Waals surface area contributed by atoms with Gasteiger partial charge in [0.15, 0.2) is 0 Å². The van der Waals surface area contributed by atoms with E-state index in [-0.39, 0.29) is 22.9 Å². The first-order chi connectivity index (χ1) is 19.3. The molecule has 0 N–H and O–H groups in total. The molecular weight excluding hydrogens is 502 g/mol. The number of hydrogen-bond acceptors (Lipinski definition) is 3. The smallest absolute Gasteiger partial charge is 0.340 e. The van der Waals surface area contributed by atoms with Gasteiger partial charge in [0.2, 0.25) is 0 Å². The molecule has 2 saturated carbocycles. The second kappa shape index (κ2) is 10.9. The zero-order valence-corrected chi connectivity index (χ0v) is 27.7. The summed E-state index contributed by atoms with van der Waals surface area (Å²) in [6.45, 7) is 17.3. The zero-order valence-electron chi connectivity index (χ0n) is 27.7. The molecule has 1 aromatic rings. The van der Waals surface area contributed by atoms with Crippen molar-refractivity contribution in [2.75, 3.05) is 19.0 Å². The summed E-state index contributed by atoms with van der Waals surface area (Å²) in [5, 5.41) is 0. The molecule has 3 nitrogen and oxygen atoms in total. The Bertz CT molecular complexity index is 1220. The minimum absolute atomic E-state index is 0.0287. The normalized spacial score (nSPS) is 38.0. The number of rotatable bonds is 7. The molecule has 0 spiro atoms. The molecule has 7 atom stereocenters. The fourth-order valence-electron chi connectivity index (χ4n) is 10.3. The highest BCUT2D eigenvalue weighted by Crippen LogP contribution is 2.73. The van der Waals surface area contributed by atoms with Crippen molar-refractivity contribution in [2.24, 2.45) is 33.5 Å². The molecule has 0 aromatic heterocycles. The highest BCUT2D eigenvalue weighted by molar-refractivity contribution is 5.95. The molecule has 0 bridgehead atoms. The van der Waals surface area contributed by atoms with Gasteiger partial charge in [-0.1, -0.05) is 69.5 Å². The number of carbonyl (C=O) groups is 1. The highest BCUT2D eigenvalue weighted by atomic mass is 16.5. The molecule has 0 amide bonds. The summed E-state index contributed by atoms with van der Waals surface area (Å²) in [6.07, 6.45) is 16.2. The molecule has 0 saturated heterocycles. The first kappa shape index (κ1) is 30.4. The van der Waals surface area contributed by atoms with Crippen LogP contribution in [0.5, 0.6) is 0 Å². The van der Waals surface area contributed by atoms with Crippen LogP contribution < -0.4 is 4.90 Å². The van der Waals surface area contributed by atoms with Crippen molar-refractivity contribution in [2.45, 2.75) is 125 Å². The van der Waals surface area contributed by atoms with Crippen molar-refractivity contribution in [1.29, 1.82) is 0 Å². The summed E-state index contributed by atoms with van der Waals surface area (Å²) in [5.74, 6) is 1.02. The minimum atomic E-state index is -0.170. The van der Waals surface area contributed by atoms with E-state index in [0.29, 0.717) is 22.3 Å². The number of fused-ring (bicyclic) bond motifs is 4. The summed E-state index contributed by atoms with van der Waals surface area (Å²) < 4.78 is 6.37. The number of nitrogens with zero attached hydrogens (tertiary/aromatic N) is 1. The van der Waals surface area contributed by atoms with Gasteiger partial charge in [-0.25, -0.2) is 4.79 Å². The van der Waals surface area contributed by atoms with Gasteiger partial charge in [0, 0.05) is 14.1 Å². The van der Waals surface area contributed by atoms with E-state index in [1.54, 1.807) is 0 Å². The molecular formula is C38H57NO2. The van der Waals surface area contributed by atoms with Gasteiger partial charge < -0.3 is 9.64 Å². The third-order valence-electron chi connectivity index (χ3n) is 13.6. The van der Waals surface area contributed by atoms with E-state index in [9.17, 15) is 4.79 Å². The van der Waals surface area contributed by atoms with Crippen molar-refractivity contribution in [3.63, 3.8) is 0 Å². The first-order valence-corrected chi connectivity index (χ1v) is 16.6. The number of anilines is 1. The maximum absolute atomic E-state index is 13.5. The van der Waals surface area contributed by atoms with E-state index in [1.165, 1.54) is 63.4 Å². The minimum Gasteiger partial charge on any atom is -0.458 e. The highest BCUT2D eigenvalue weighted by Gasteiger charge is 2.64.